The zero-order chi connectivity index (χ0) is 17.5. The van der Waals surface area contributed by atoms with Crippen LogP contribution in [0.3, 0.4) is 0 Å². The number of ether oxygens (including phenoxy) is 1. The highest BCUT2D eigenvalue weighted by Crippen LogP contribution is 2.15. The van der Waals surface area contributed by atoms with Gasteiger partial charge in [0.15, 0.2) is 6.10 Å². The van der Waals surface area contributed by atoms with Crippen molar-refractivity contribution in [3.05, 3.63) is 78.8 Å². The molecular weight excluding hydrogens is 314 g/mol. The monoisotopic (exact) mass is 333 g/mol. The highest BCUT2D eigenvalue weighted by atomic mass is 16.5. The number of para-hydroxylation sites is 1. The first kappa shape index (κ1) is 16.6. The third-order valence-corrected chi connectivity index (χ3v) is 3.67. The molecule has 0 aliphatic rings. The molecule has 5 nitrogen and oxygen atoms in total. The molecule has 3 rings (SSSR count). The van der Waals surface area contributed by atoms with Gasteiger partial charge in [0.25, 0.3) is 5.91 Å². The maximum Gasteiger partial charge on any atom is 0.261 e. The van der Waals surface area contributed by atoms with Gasteiger partial charge in [0, 0.05) is 30.7 Å². The minimum absolute atomic E-state index is 0.166. The SMILES string of the molecule is CC(Oc1ccccc1)C(=O)NCc1ccc(-c2cccnc2)nc1. The molecule has 0 spiro atoms. The van der Waals surface area contributed by atoms with E-state index in [9.17, 15) is 4.79 Å². The van der Waals surface area contributed by atoms with Crippen LogP contribution in [0, 0.1) is 0 Å². The molecule has 1 atom stereocenters. The van der Waals surface area contributed by atoms with E-state index in [0.29, 0.717) is 12.3 Å². The van der Waals surface area contributed by atoms with Crippen molar-refractivity contribution < 1.29 is 9.53 Å². The summed E-state index contributed by atoms with van der Waals surface area (Å²) in [5.41, 5.74) is 2.74. The molecule has 0 saturated heterocycles. The van der Waals surface area contributed by atoms with Gasteiger partial charge in [-0.1, -0.05) is 24.3 Å². The summed E-state index contributed by atoms with van der Waals surface area (Å²) in [5.74, 6) is 0.507. The Labute approximate surface area is 146 Å². The lowest BCUT2D eigenvalue weighted by molar-refractivity contribution is -0.127. The lowest BCUT2D eigenvalue weighted by atomic mass is 10.1. The maximum atomic E-state index is 12.1. The van der Waals surface area contributed by atoms with E-state index < -0.39 is 6.10 Å². The minimum atomic E-state index is -0.565. The largest absolute Gasteiger partial charge is 0.481 e. The van der Waals surface area contributed by atoms with Crippen molar-refractivity contribution in [1.82, 2.24) is 15.3 Å². The fourth-order valence-corrected chi connectivity index (χ4v) is 2.30. The molecule has 25 heavy (non-hydrogen) atoms. The van der Waals surface area contributed by atoms with Gasteiger partial charge in [0.05, 0.1) is 5.69 Å². The molecule has 3 aromatic rings. The van der Waals surface area contributed by atoms with Gasteiger partial charge in [0.2, 0.25) is 0 Å². The standard InChI is InChI=1S/C20H19N3O2/c1-15(25-18-7-3-2-4-8-18)20(24)23-13-16-9-10-19(22-12-16)17-6-5-11-21-14-17/h2-12,14-15H,13H2,1H3,(H,23,24). The van der Waals surface area contributed by atoms with E-state index in [-0.39, 0.29) is 5.91 Å². The second-order valence-electron chi connectivity index (χ2n) is 5.58. The highest BCUT2D eigenvalue weighted by Gasteiger charge is 2.14. The van der Waals surface area contributed by atoms with Gasteiger partial charge >= 0.3 is 0 Å². The van der Waals surface area contributed by atoms with Crippen LogP contribution < -0.4 is 10.1 Å². The molecule has 1 N–H and O–H groups in total. The minimum Gasteiger partial charge on any atom is -0.481 e. The fraction of sp³-hybridized carbons (Fsp3) is 0.150. The molecule has 1 unspecified atom stereocenters. The number of carbonyl (C=O) groups excluding carboxylic acids is 1. The van der Waals surface area contributed by atoms with Crippen molar-refractivity contribution in [2.24, 2.45) is 0 Å². The molecule has 0 fully saturated rings. The average molecular weight is 333 g/mol. The van der Waals surface area contributed by atoms with Crippen molar-refractivity contribution in [3.63, 3.8) is 0 Å². The van der Waals surface area contributed by atoms with E-state index in [1.807, 2.05) is 54.6 Å². The zero-order valence-corrected chi connectivity index (χ0v) is 13.9. The number of hydrogen-bond acceptors (Lipinski definition) is 4. The first-order chi connectivity index (χ1) is 12.2. The average Bonchev–Trinajstić information content (AvgIpc) is 2.68. The molecule has 0 saturated carbocycles. The zero-order valence-electron chi connectivity index (χ0n) is 13.9. The first-order valence-electron chi connectivity index (χ1n) is 8.07. The van der Waals surface area contributed by atoms with E-state index in [1.165, 1.54) is 0 Å². The van der Waals surface area contributed by atoms with Crippen LogP contribution in [0.25, 0.3) is 11.3 Å². The molecule has 2 aromatic heterocycles. The Morgan fingerprint density at radius 1 is 1.08 bits per heavy atom. The molecular formula is C20H19N3O2. The molecule has 0 radical (unpaired) electrons. The number of hydrogen-bond donors (Lipinski definition) is 1. The molecule has 0 bridgehead atoms. The van der Waals surface area contributed by atoms with Crippen LogP contribution in [0.5, 0.6) is 5.75 Å². The first-order valence-corrected chi connectivity index (χ1v) is 8.07. The van der Waals surface area contributed by atoms with Crippen molar-refractivity contribution in [2.45, 2.75) is 19.6 Å². The Hall–Kier alpha value is -3.21. The molecule has 2 heterocycles. The predicted molar refractivity (Wildman–Crippen MR) is 95.8 cm³/mol. The number of rotatable bonds is 6. The normalized spacial score (nSPS) is 11.6. The van der Waals surface area contributed by atoms with Crippen LogP contribution in [-0.2, 0) is 11.3 Å². The quantitative estimate of drug-likeness (QED) is 0.752. The van der Waals surface area contributed by atoms with Gasteiger partial charge in [-0.2, -0.15) is 0 Å². The van der Waals surface area contributed by atoms with Crippen LogP contribution in [0.2, 0.25) is 0 Å². The Kier molecular flexibility index (Phi) is 5.36. The number of nitrogens with zero attached hydrogens (tertiary/aromatic N) is 2. The molecule has 1 amide bonds. The summed E-state index contributed by atoms with van der Waals surface area (Å²) < 4.78 is 5.61. The third-order valence-electron chi connectivity index (χ3n) is 3.67. The van der Waals surface area contributed by atoms with E-state index in [1.54, 1.807) is 25.5 Å². The van der Waals surface area contributed by atoms with Crippen molar-refractivity contribution in [3.8, 4) is 17.0 Å². The van der Waals surface area contributed by atoms with Crippen LogP contribution in [0.15, 0.2) is 73.2 Å². The summed E-state index contributed by atoms with van der Waals surface area (Å²) in [6.07, 6.45) is 4.69. The van der Waals surface area contributed by atoms with Crippen LogP contribution in [0.1, 0.15) is 12.5 Å². The summed E-state index contributed by atoms with van der Waals surface area (Å²) in [5, 5.41) is 2.86. The second-order valence-corrected chi connectivity index (χ2v) is 5.58. The van der Waals surface area contributed by atoms with Gasteiger partial charge in [-0.05, 0) is 42.8 Å². The molecule has 1 aromatic carbocycles. The molecule has 0 aliphatic heterocycles. The lowest BCUT2D eigenvalue weighted by Crippen LogP contribution is -2.35. The van der Waals surface area contributed by atoms with E-state index in [4.69, 9.17) is 4.74 Å². The topological polar surface area (TPSA) is 64.1 Å². The van der Waals surface area contributed by atoms with Crippen molar-refractivity contribution in [2.75, 3.05) is 0 Å². The Morgan fingerprint density at radius 2 is 1.92 bits per heavy atom. The number of benzene rings is 1. The fourth-order valence-electron chi connectivity index (χ4n) is 2.30. The van der Waals surface area contributed by atoms with E-state index in [0.717, 1.165) is 16.8 Å². The summed E-state index contributed by atoms with van der Waals surface area (Å²) in [4.78, 5) is 20.6. The van der Waals surface area contributed by atoms with E-state index >= 15 is 0 Å². The summed E-state index contributed by atoms with van der Waals surface area (Å²) in [6, 6.07) is 17.0. The smallest absolute Gasteiger partial charge is 0.261 e. The van der Waals surface area contributed by atoms with Gasteiger partial charge < -0.3 is 10.1 Å². The summed E-state index contributed by atoms with van der Waals surface area (Å²) >= 11 is 0. The van der Waals surface area contributed by atoms with Gasteiger partial charge in [-0.3, -0.25) is 14.8 Å². The molecule has 5 heteroatoms. The van der Waals surface area contributed by atoms with Gasteiger partial charge in [0.1, 0.15) is 5.75 Å². The third kappa shape index (κ3) is 4.64. The number of nitrogens with one attached hydrogen (secondary N) is 1. The Morgan fingerprint density at radius 3 is 2.60 bits per heavy atom. The summed E-state index contributed by atoms with van der Waals surface area (Å²) in [7, 11) is 0. The second kappa shape index (κ2) is 8.06. The lowest BCUT2D eigenvalue weighted by Gasteiger charge is -2.14. The van der Waals surface area contributed by atoms with Gasteiger partial charge in [-0.15, -0.1) is 0 Å². The maximum absolute atomic E-state index is 12.1. The molecule has 0 aliphatic carbocycles. The Balaban J connectivity index is 1.53. The van der Waals surface area contributed by atoms with Crippen LogP contribution >= 0.6 is 0 Å². The Bertz CT molecular complexity index is 805. The number of amides is 1. The van der Waals surface area contributed by atoms with Crippen LogP contribution in [0.4, 0.5) is 0 Å². The molecule has 126 valence electrons. The summed E-state index contributed by atoms with van der Waals surface area (Å²) in [6.45, 7) is 2.13. The number of aromatic nitrogens is 2. The number of pyridine rings is 2. The van der Waals surface area contributed by atoms with E-state index in [2.05, 4.69) is 15.3 Å². The van der Waals surface area contributed by atoms with Gasteiger partial charge in [-0.25, -0.2) is 0 Å². The highest BCUT2D eigenvalue weighted by molar-refractivity contribution is 5.80. The van der Waals surface area contributed by atoms with Crippen molar-refractivity contribution >= 4 is 5.91 Å². The number of carbonyl (C=O) groups is 1. The van der Waals surface area contributed by atoms with Crippen molar-refractivity contribution in [1.29, 1.82) is 0 Å². The van der Waals surface area contributed by atoms with Crippen LogP contribution in [-0.4, -0.2) is 22.0 Å². The predicted octanol–water partition coefficient (Wildman–Crippen LogP) is 3.23.